The van der Waals surface area contributed by atoms with Crippen LogP contribution >= 0.6 is 0 Å². The molecule has 3 N–H and O–H groups in total. The summed E-state index contributed by atoms with van der Waals surface area (Å²) < 4.78 is 0. The van der Waals surface area contributed by atoms with E-state index in [0.717, 1.165) is 4.90 Å². The van der Waals surface area contributed by atoms with Crippen LogP contribution in [0, 0.1) is 0 Å². The number of aliphatic carboxylic acids is 1. The predicted molar refractivity (Wildman–Crippen MR) is 47.8 cm³/mol. The number of carbonyl (C=O) groups excluding carboxylic acids is 1. The Balaban J connectivity index is 2.66. The van der Waals surface area contributed by atoms with Crippen LogP contribution < -0.4 is 5.32 Å². The Morgan fingerprint density at radius 2 is 2.21 bits per heavy atom. The van der Waals surface area contributed by atoms with Gasteiger partial charge in [0.05, 0.1) is 6.10 Å². The van der Waals surface area contributed by atoms with Gasteiger partial charge in [-0.05, 0) is 6.92 Å². The predicted octanol–water partition coefficient (Wildman–Crippen LogP) is -0.764. The van der Waals surface area contributed by atoms with Gasteiger partial charge < -0.3 is 20.4 Å². The number of hydrogen-bond acceptors (Lipinski definition) is 3. The molecule has 0 saturated carbocycles. The van der Waals surface area contributed by atoms with Gasteiger partial charge in [0.2, 0.25) is 0 Å². The fourth-order valence-electron chi connectivity index (χ4n) is 1.53. The quantitative estimate of drug-likeness (QED) is 0.548. The molecule has 1 rings (SSSR count). The van der Waals surface area contributed by atoms with Crippen LogP contribution in [-0.4, -0.2) is 52.3 Å². The molecule has 1 fully saturated rings. The molecule has 1 heterocycles. The lowest BCUT2D eigenvalue weighted by molar-refractivity contribution is -0.141. The Bertz CT molecular complexity index is 243. The van der Waals surface area contributed by atoms with Gasteiger partial charge in [-0.25, -0.2) is 9.59 Å². The second kappa shape index (κ2) is 4.28. The summed E-state index contributed by atoms with van der Waals surface area (Å²) in [7, 11) is 0. The van der Waals surface area contributed by atoms with E-state index in [9.17, 15) is 14.7 Å². The van der Waals surface area contributed by atoms with Gasteiger partial charge in [-0.15, -0.1) is 0 Å². The van der Waals surface area contributed by atoms with Crippen molar-refractivity contribution in [3.05, 3.63) is 0 Å². The van der Waals surface area contributed by atoms with Crippen LogP contribution in [0.3, 0.4) is 0 Å². The first-order valence-corrected chi connectivity index (χ1v) is 4.51. The number of carbonyl (C=O) groups is 2. The molecule has 0 aromatic rings. The Labute approximate surface area is 81.5 Å². The number of carboxylic acids is 1. The summed E-state index contributed by atoms with van der Waals surface area (Å²) >= 11 is 0. The van der Waals surface area contributed by atoms with E-state index in [0.29, 0.717) is 6.54 Å². The summed E-state index contributed by atoms with van der Waals surface area (Å²) in [5.74, 6) is -1.08. The summed E-state index contributed by atoms with van der Waals surface area (Å²) in [5, 5.41) is 20.5. The number of likely N-dealkylation sites (tertiary alicyclic amines) is 1. The molecule has 0 bridgehead atoms. The highest BCUT2D eigenvalue weighted by Gasteiger charge is 2.38. The maximum absolute atomic E-state index is 11.3. The first kappa shape index (κ1) is 10.8. The van der Waals surface area contributed by atoms with Gasteiger partial charge in [-0.3, -0.25) is 0 Å². The molecule has 0 aromatic heterocycles. The lowest BCUT2D eigenvalue weighted by atomic mass is 10.2. The van der Waals surface area contributed by atoms with Crippen molar-refractivity contribution < 1.29 is 19.8 Å². The topological polar surface area (TPSA) is 89.9 Å². The average molecular weight is 202 g/mol. The number of β-amino-alcohol motifs (C(OH)–C–C–N with tert-alkyl or cyclic N) is 1. The van der Waals surface area contributed by atoms with E-state index in [1.807, 2.05) is 0 Å². The minimum absolute atomic E-state index is 0.0861. The van der Waals surface area contributed by atoms with Gasteiger partial charge in [0.15, 0.2) is 0 Å². The van der Waals surface area contributed by atoms with Crippen molar-refractivity contribution in [3.63, 3.8) is 0 Å². The normalized spacial score (nSPS) is 26.3. The van der Waals surface area contributed by atoms with Crippen LogP contribution in [0.5, 0.6) is 0 Å². The van der Waals surface area contributed by atoms with Crippen molar-refractivity contribution in [1.82, 2.24) is 10.2 Å². The van der Waals surface area contributed by atoms with Gasteiger partial charge in [0.1, 0.15) is 6.04 Å². The monoisotopic (exact) mass is 202 g/mol. The van der Waals surface area contributed by atoms with Crippen LogP contribution in [0.2, 0.25) is 0 Å². The smallest absolute Gasteiger partial charge is 0.326 e. The van der Waals surface area contributed by atoms with Crippen LogP contribution in [0.4, 0.5) is 4.79 Å². The van der Waals surface area contributed by atoms with Crippen molar-refractivity contribution in [2.75, 3.05) is 13.1 Å². The molecular formula is C8H14N2O4. The first-order chi connectivity index (χ1) is 6.56. The molecule has 0 radical (unpaired) electrons. The van der Waals surface area contributed by atoms with E-state index in [2.05, 4.69) is 5.32 Å². The number of nitrogens with zero attached hydrogens (tertiary/aromatic N) is 1. The zero-order valence-corrected chi connectivity index (χ0v) is 7.93. The molecule has 2 atom stereocenters. The fourth-order valence-corrected chi connectivity index (χ4v) is 1.53. The van der Waals surface area contributed by atoms with Crippen molar-refractivity contribution >= 4 is 12.0 Å². The number of aliphatic hydroxyl groups excluding tert-OH is 1. The Morgan fingerprint density at radius 1 is 1.57 bits per heavy atom. The maximum Gasteiger partial charge on any atom is 0.326 e. The van der Waals surface area contributed by atoms with E-state index < -0.39 is 24.1 Å². The molecule has 1 saturated heterocycles. The van der Waals surface area contributed by atoms with E-state index >= 15 is 0 Å². The minimum Gasteiger partial charge on any atom is -0.480 e. The number of amides is 2. The lowest BCUT2D eigenvalue weighted by Gasteiger charge is -2.20. The second-order valence-electron chi connectivity index (χ2n) is 3.23. The third-order valence-corrected chi connectivity index (χ3v) is 2.15. The van der Waals surface area contributed by atoms with E-state index in [1.54, 1.807) is 6.92 Å². The average Bonchev–Trinajstić information content (AvgIpc) is 2.48. The minimum atomic E-state index is -1.08. The Kier molecular flexibility index (Phi) is 3.29. The highest BCUT2D eigenvalue weighted by molar-refractivity contribution is 5.83. The largest absolute Gasteiger partial charge is 0.480 e. The molecule has 14 heavy (non-hydrogen) atoms. The highest BCUT2D eigenvalue weighted by Crippen LogP contribution is 2.17. The molecule has 1 aliphatic rings. The zero-order valence-electron chi connectivity index (χ0n) is 7.93. The Hall–Kier alpha value is -1.30. The number of nitrogens with one attached hydrogen (secondary N) is 1. The zero-order chi connectivity index (χ0) is 10.7. The molecule has 6 nitrogen and oxygen atoms in total. The Morgan fingerprint density at radius 3 is 2.71 bits per heavy atom. The third-order valence-electron chi connectivity index (χ3n) is 2.15. The van der Waals surface area contributed by atoms with Crippen molar-refractivity contribution in [3.8, 4) is 0 Å². The van der Waals surface area contributed by atoms with E-state index in [4.69, 9.17) is 5.11 Å². The van der Waals surface area contributed by atoms with Gasteiger partial charge in [-0.1, -0.05) is 0 Å². The number of rotatable bonds is 2. The molecule has 0 aromatic carbocycles. The molecule has 80 valence electrons. The lowest BCUT2D eigenvalue weighted by Crippen LogP contribution is -2.46. The maximum atomic E-state index is 11.3. The SMILES string of the molecule is CCNC(=O)N1C[C@H](O)C[C@@H]1C(=O)O. The van der Waals surface area contributed by atoms with Gasteiger partial charge in [-0.2, -0.15) is 0 Å². The summed E-state index contributed by atoms with van der Waals surface area (Å²) in [6.45, 7) is 2.28. The second-order valence-corrected chi connectivity index (χ2v) is 3.23. The molecule has 0 aliphatic carbocycles. The fraction of sp³-hybridized carbons (Fsp3) is 0.750. The van der Waals surface area contributed by atoms with Crippen LogP contribution in [0.1, 0.15) is 13.3 Å². The van der Waals surface area contributed by atoms with Gasteiger partial charge >= 0.3 is 12.0 Å². The van der Waals surface area contributed by atoms with Crippen molar-refractivity contribution in [2.24, 2.45) is 0 Å². The summed E-state index contributed by atoms with van der Waals surface area (Å²) in [4.78, 5) is 23.2. The summed E-state index contributed by atoms with van der Waals surface area (Å²) in [6.07, 6.45) is -0.634. The number of urea groups is 1. The van der Waals surface area contributed by atoms with Crippen LogP contribution in [0.15, 0.2) is 0 Å². The van der Waals surface area contributed by atoms with E-state index in [-0.39, 0.29) is 13.0 Å². The standard InChI is InChI=1S/C8H14N2O4/c1-2-9-8(14)10-4-5(11)3-6(10)7(12)13/h5-6,11H,2-4H2,1H3,(H,9,14)(H,12,13)/t5-,6-/m1/s1. The third kappa shape index (κ3) is 2.14. The molecule has 1 aliphatic heterocycles. The first-order valence-electron chi connectivity index (χ1n) is 4.51. The molecule has 6 heteroatoms. The molecule has 0 spiro atoms. The molecular weight excluding hydrogens is 188 g/mol. The number of carboxylic acid groups (broad SMARTS) is 1. The summed E-state index contributed by atoms with van der Waals surface area (Å²) in [5.41, 5.74) is 0. The van der Waals surface area contributed by atoms with Crippen molar-refractivity contribution in [1.29, 1.82) is 0 Å². The van der Waals surface area contributed by atoms with Gasteiger partial charge in [0.25, 0.3) is 0 Å². The number of aliphatic hydroxyl groups is 1. The molecule has 2 amide bonds. The van der Waals surface area contributed by atoms with Gasteiger partial charge in [0, 0.05) is 19.5 Å². The summed E-state index contributed by atoms with van der Waals surface area (Å²) in [6, 6.07) is -1.34. The highest BCUT2D eigenvalue weighted by atomic mass is 16.4. The molecule has 0 unspecified atom stereocenters. The van der Waals surface area contributed by atoms with Crippen LogP contribution in [0.25, 0.3) is 0 Å². The van der Waals surface area contributed by atoms with Crippen LogP contribution in [-0.2, 0) is 4.79 Å². The van der Waals surface area contributed by atoms with E-state index in [1.165, 1.54) is 0 Å². The van der Waals surface area contributed by atoms with Crippen molar-refractivity contribution in [2.45, 2.75) is 25.5 Å². The number of hydrogen-bond donors (Lipinski definition) is 3.